The van der Waals surface area contributed by atoms with Crippen molar-refractivity contribution in [2.45, 2.75) is 123 Å². The number of H-pyrrole nitrogens is 2. The second kappa shape index (κ2) is 18.3. The van der Waals surface area contributed by atoms with E-state index in [-0.39, 0.29) is 95.7 Å². The molecule has 76 heavy (non-hydrogen) atoms. The average molecular weight is 1100 g/mol. The number of nitrogens with one attached hydrogen (secondary N) is 2. The summed E-state index contributed by atoms with van der Waals surface area (Å²) in [6.07, 6.45) is 0. The maximum absolute atomic E-state index is 15.4. The first-order chi connectivity index (χ1) is 35.3. The summed E-state index contributed by atoms with van der Waals surface area (Å²) in [5.41, 5.74) is -4.96. The van der Waals surface area contributed by atoms with Crippen LogP contribution < -0.4 is 0 Å². The number of hydrogen-bond acceptors (Lipinski definition) is 14. The summed E-state index contributed by atoms with van der Waals surface area (Å²) >= 11 is 0. The number of sulfone groups is 4. The Labute approximate surface area is 443 Å². The second-order valence-corrected chi connectivity index (χ2v) is 30.2. The van der Waals surface area contributed by atoms with Gasteiger partial charge >= 0.3 is 0 Å². The fourth-order valence-corrected chi connectivity index (χ4v) is 16.5. The van der Waals surface area contributed by atoms with Crippen molar-refractivity contribution in [3.05, 3.63) is 156 Å². The molecule has 2 N–H and O–H groups in total. The normalized spacial score (nSPS) is 14.4. The van der Waals surface area contributed by atoms with Crippen LogP contribution in [0.5, 0.6) is 0 Å². The minimum atomic E-state index is -4.60. The third-order valence-corrected chi connectivity index (χ3v) is 20.0. The molecule has 3 aromatic heterocycles. The van der Waals surface area contributed by atoms with Gasteiger partial charge in [-0.15, -0.1) is 0 Å². The van der Waals surface area contributed by atoms with Crippen LogP contribution >= 0.6 is 0 Å². The van der Waals surface area contributed by atoms with Crippen molar-refractivity contribution < 1.29 is 33.7 Å². The number of benzene rings is 4. The van der Waals surface area contributed by atoms with E-state index in [2.05, 4.69) is 9.97 Å². The number of aromatic nitrogens is 8. The van der Waals surface area contributed by atoms with E-state index in [0.29, 0.717) is 0 Å². The Balaban J connectivity index is 1.64. The zero-order valence-corrected chi connectivity index (χ0v) is 47.4. The molecule has 0 atom stereocenters. The summed E-state index contributed by atoms with van der Waals surface area (Å²) < 4.78 is 123. The fourth-order valence-electron chi connectivity index (χ4n) is 9.46. The highest BCUT2D eigenvalue weighted by Gasteiger charge is 2.44. The standard InChI is InChI=1S/C56H58N8O8S4/c1-53(2,3)37-41(73(65,66)33-25-17-13-18-26-33)49-57-45(37)61-50-42(74(67,68)34-27-19-14-20-28-34)38(54(4,5)6)47(58-50)63-52-44(76(71,72)36-31-23-16-24-32-36)40(56(10,11)12)48(60-52)64-51-43(39(55(7,8)9)46(59-51)62-49)75(69,70)35-29-21-15-22-30-35/h13-32H,1-12H3,(H2,57,58,59,60,61,62,63,64). The maximum Gasteiger partial charge on any atom is 0.210 e. The van der Waals surface area contributed by atoms with Gasteiger partial charge in [0.15, 0.2) is 34.6 Å². The summed E-state index contributed by atoms with van der Waals surface area (Å²) in [5, 5.41) is 0. The van der Waals surface area contributed by atoms with Crippen LogP contribution in [0, 0.1) is 10.8 Å². The van der Waals surface area contributed by atoms with Crippen LogP contribution in [-0.2, 0) is 50.2 Å². The van der Waals surface area contributed by atoms with Crippen molar-refractivity contribution in [2.75, 3.05) is 0 Å². The predicted octanol–water partition coefficient (Wildman–Crippen LogP) is 10.9. The van der Waals surface area contributed by atoms with E-state index in [0.717, 1.165) is 0 Å². The zero-order chi connectivity index (χ0) is 55.3. The number of fused-ring (bicyclic) bond motifs is 8. The van der Waals surface area contributed by atoms with E-state index >= 15 is 33.7 Å². The van der Waals surface area contributed by atoms with Crippen LogP contribution in [0.3, 0.4) is 0 Å². The van der Waals surface area contributed by atoms with Crippen molar-refractivity contribution in [3.8, 4) is 0 Å². The Hall–Kier alpha value is -7.00. The van der Waals surface area contributed by atoms with Gasteiger partial charge in [0.05, 0.1) is 19.6 Å². The predicted molar refractivity (Wildman–Crippen MR) is 293 cm³/mol. The van der Waals surface area contributed by atoms with Crippen molar-refractivity contribution >= 4 is 82.9 Å². The lowest BCUT2D eigenvalue weighted by Gasteiger charge is -2.22. The smallest absolute Gasteiger partial charge is 0.210 e. The first-order valence-corrected chi connectivity index (χ1v) is 30.2. The zero-order valence-electron chi connectivity index (χ0n) is 44.1. The Morgan fingerprint density at radius 1 is 0.303 bits per heavy atom. The summed E-state index contributed by atoms with van der Waals surface area (Å²) in [6, 6.07) is 30.8. The Bertz CT molecular complexity index is 4230. The van der Waals surface area contributed by atoms with Gasteiger partial charge < -0.3 is 9.97 Å². The van der Waals surface area contributed by atoms with E-state index in [1.54, 1.807) is 156 Å². The van der Waals surface area contributed by atoms with E-state index < -0.39 is 72.7 Å². The third kappa shape index (κ3) is 9.32. The van der Waals surface area contributed by atoms with Gasteiger partial charge in [0.2, 0.25) is 39.3 Å². The molecule has 4 aromatic carbocycles. The van der Waals surface area contributed by atoms with Gasteiger partial charge in [-0.05, 0) is 70.2 Å². The van der Waals surface area contributed by atoms with Crippen LogP contribution in [0.25, 0.3) is 43.5 Å². The van der Waals surface area contributed by atoms with Gasteiger partial charge in [0.25, 0.3) is 0 Å². The average Bonchev–Trinajstić information content (AvgIpc) is 4.11. The first kappa shape index (κ1) is 53.8. The second-order valence-electron chi connectivity index (χ2n) is 22.7. The molecule has 0 fully saturated rings. The number of nitrogens with zero attached hydrogens (tertiary/aromatic N) is 6. The topological polar surface area (TPSA) is 245 Å². The molecule has 16 nitrogen and oxygen atoms in total. The van der Waals surface area contributed by atoms with E-state index in [4.69, 9.17) is 29.9 Å². The molecule has 2 aliphatic rings. The van der Waals surface area contributed by atoms with Gasteiger partial charge in [0.1, 0.15) is 30.9 Å². The molecule has 0 saturated heterocycles. The van der Waals surface area contributed by atoms with Crippen LogP contribution in [0.15, 0.2) is 151 Å². The minimum Gasteiger partial charge on any atom is -0.323 e. The molecule has 0 saturated carbocycles. The molecule has 20 heteroatoms. The van der Waals surface area contributed by atoms with Crippen LogP contribution in [0.2, 0.25) is 0 Å². The molecule has 0 radical (unpaired) electrons. The molecule has 0 aliphatic carbocycles. The highest BCUT2D eigenvalue weighted by Crippen LogP contribution is 2.49. The van der Waals surface area contributed by atoms with Gasteiger partial charge in [-0.2, -0.15) is 0 Å². The number of aromatic amines is 2. The number of hydrogen-bond donors (Lipinski definition) is 2. The first-order valence-electron chi connectivity index (χ1n) is 24.3. The Morgan fingerprint density at radius 3 is 0.882 bits per heavy atom. The summed E-state index contributed by atoms with van der Waals surface area (Å²) in [7, 11) is -18.3. The fraction of sp³-hybridized carbons (Fsp3) is 0.286. The molecular formula is C56H58N8O8S4. The summed E-state index contributed by atoms with van der Waals surface area (Å²) in [6.45, 7) is 21.1. The van der Waals surface area contributed by atoms with Gasteiger partial charge in [-0.25, -0.2) is 63.6 Å². The lowest BCUT2D eigenvalue weighted by Crippen LogP contribution is -2.17. The molecular weight excluding hydrogens is 1040 g/mol. The minimum absolute atomic E-state index is 0.0480. The lowest BCUT2D eigenvalue weighted by atomic mass is 9.86. The highest BCUT2D eigenvalue weighted by atomic mass is 32.2. The van der Waals surface area contributed by atoms with Gasteiger partial charge in [-0.1, -0.05) is 156 Å². The Morgan fingerprint density at radius 2 is 0.566 bits per heavy atom. The molecule has 0 spiro atoms. The summed E-state index contributed by atoms with van der Waals surface area (Å²) in [4.78, 5) is 34.4. The summed E-state index contributed by atoms with van der Waals surface area (Å²) in [5.74, 6) is -1.29. The molecule has 0 unspecified atom stereocenters. The van der Waals surface area contributed by atoms with E-state index in [1.807, 2.05) is 0 Å². The van der Waals surface area contributed by atoms with Crippen molar-refractivity contribution in [3.63, 3.8) is 0 Å². The van der Waals surface area contributed by atoms with Crippen molar-refractivity contribution in [2.24, 2.45) is 10.8 Å². The largest absolute Gasteiger partial charge is 0.323 e. The molecule has 0 amide bonds. The lowest BCUT2D eigenvalue weighted by molar-refractivity contribution is 0.564. The van der Waals surface area contributed by atoms with Crippen LogP contribution in [0.4, 0.5) is 0 Å². The molecule has 9 rings (SSSR count). The van der Waals surface area contributed by atoms with Gasteiger partial charge in [0, 0.05) is 22.3 Å². The van der Waals surface area contributed by atoms with Crippen LogP contribution in [-0.4, -0.2) is 73.5 Å². The maximum atomic E-state index is 15.4. The molecule has 394 valence electrons. The number of rotatable bonds is 8. The SMILES string of the molecule is CC(C)(C)C1=C(S(=O)(=O)c2ccccc2)c2nc3nc(nc4[nH]c(nc5[nH]c(nc1n2)c(S(=O)(=O)c1ccccc1)c5C(C)(C)C)c(S(=O)(=O)c1ccccc1)c4C(C)(C)C)C(S(=O)(=O)c1ccccc1)=C3C(C)(C)C. The Kier molecular flexibility index (Phi) is 13.0. The molecule has 8 bridgehead atoms. The molecule has 5 heterocycles. The van der Waals surface area contributed by atoms with Gasteiger partial charge in [-0.3, -0.25) is 0 Å². The third-order valence-electron chi connectivity index (χ3n) is 12.7. The van der Waals surface area contributed by atoms with Crippen molar-refractivity contribution in [1.82, 2.24) is 39.9 Å². The quantitative estimate of drug-likeness (QED) is 0.144. The van der Waals surface area contributed by atoms with E-state index in [1.165, 1.54) is 48.5 Å². The van der Waals surface area contributed by atoms with Crippen LogP contribution in [0.1, 0.15) is 118 Å². The highest BCUT2D eigenvalue weighted by molar-refractivity contribution is 8.01. The molecule has 7 aromatic rings. The van der Waals surface area contributed by atoms with E-state index in [9.17, 15) is 0 Å². The van der Waals surface area contributed by atoms with Crippen molar-refractivity contribution in [1.29, 1.82) is 0 Å². The number of allylic oxidation sites excluding steroid dienone is 2. The molecule has 2 aliphatic heterocycles. The monoisotopic (exact) mass is 1100 g/mol.